The van der Waals surface area contributed by atoms with E-state index >= 15 is 0 Å². The minimum absolute atomic E-state index is 0.378. The first-order valence-electron chi connectivity index (χ1n) is 6.21. The summed E-state index contributed by atoms with van der Waals surface area (Å²) >= 11 is 0. The van der Waals surface area contributed by atoms with E-state index in [1.54, 1.807) is 0 Å². The van der Waals surface area contributed by atoms with Crippen LogP contribution in [0.15, 0.2) is 6.07 Å². The van der Waals surface area contributed by atoms with Crippen LogP contribution in [-0.4, -0.2) is 35.8 Å². The summed E-state index contributed by atoms with van der Waals surface area (Å²) in [6.07, 6.45) is 2.13. The molecule has 94 valence electrons. The smallest absolute Gasteiger partial charge is 0.132 e. The molecule has 2 N–H and O–H groups in total. The largest absolute Gasteiger partial charge is 0.379 e. The van der Waals surface area contributed by atoms with Crippen LogP contribution in [0.3, 0.4) is 0 Å². The molecule has 0 aromatic carbocycles. The third-order valence-electron chi connectivity index (χ3n) is 2.68. The molecule has 5 heteroatoms. The van der Waals surface area contributed by atoms with Crippen molar-refractivity contribution in [2.75, 3.05) is 30.4 Å². The number of nitrogens with one attached hydrogen (secondary N) is 2. The average Bonchev–Trinajstić information content (AvgIpc) is 2.78. The quantitative estimate of drug-likeness (QED) is 0.816. The van der Waals surface area contributed by atoms with Gasteiger partial charge in [-0.1, -0.05) is 6.92 Å². The summed E-state index contributed by atoms with van der Waals surface area (Å²) in [6, 6.07) is 2.34. The summed E-state index contributed by atoms with van der Waals surface area (Å²) in [5.41, 5.74) is 0. The third kappa shape index (κ3) is 3.56. The van der Waals surface area contributed by atoms with Gasteiger partial charge in [0.1, 0.15) is 17.5 Å². The van der Waals surface area contributed by atoms with E-state index in [0.717, 1.165) is 50.1 Å². The van der Waals surface area contributed by atoms with Gasteiger partial charge in [0.05, 0.1) is 12.6 Å². The maximum atomic E-state index is 5.33. The monoisotopic (exact) mass is 236 g/mol. The minimum atomic E-state index is 0.378. The van der Waals surface area contributed by atoms with E-state index in [4.69, 9.17) is 4.74 Å². The molecule has 2 heterocycles. The molecule has 1 fully saturated rings. The number of hydrogen-bond donors (Lipinski definition) is 2. The van der Waals surface area contributed by atoms with Crippen molar-refractivity contribution in [2.24, 2.45) is 0 Å². The third-order valence-corrected chi connectivity index (χ3v) is 2.68. The van der Waals surface area contributed by atoms with Crippen LogP contribution in [0.2, 0.25) is 0 Å². The molecule has 0 bridgehead atoms. The Morgan fingerprint density at radius 2 is 2.24 bits per heavy atom. The van der Waals surface area contributed by atoms with Gasteiger partial charge in [0.15, 0.2) is 0 Å². The first kappa shape index (κ1) is 12.1. The second-order valence-corrected chi connectivity index (χ2v) is 4.32. The van der Waals surface area contributed by atoms with Gasteiger partial charge in [-0.15, -0.1) is 0 Å². The molecule has 1 unspecified atom stereocenters. The Morgan fingerprint density at radius 3 is 2.94 bits per heavy atom. The van der Waals surface area contributed by atoms with Gasteiger partial charge < -0.3 is 15.4 Å². The van der Waals surface area contributed by atoms with Gasteiger partial charge in [0.2, 0.25) is 0 Å². The lowest BCUT2D eigenvalue weighted by Crippen LogP contribution is -2.20. The highest BCUT2D eigenvalue weighted by Gasteiger charge is 2.16. The summed E-state index contributed by atoms with van der Waals surface area (Å²) in [7, 11) is 0. The summed E-state index contributed by atoms with van der Waals surface area (Å²) < 4.78 is 5.33. The number of hydrogen-bond acceptors (Lipinski definition) is 5. The first-order chi connectivity index (χ1) is 8.28. The summed E-state index contributed by atoms with van der Waals surface area (Å²) in [6.45, 7) is 6.58. The van der Waals surface area contributed by atoms with E-state index in [1.807, 2.05) is 13.0 Å². The van der Waals surface area contributed by atoms with Crippen LogP contribution in [0.25, 0.3) is 0 Å². The molecular weight excluding hydrogens is 216 g/mol. The fourth-order valence-electron chi connectivity index (χ4n) is 1.84. The van der Waals surface area contributed by atoms with Gasteiger partial charge in [0.25, 0.3) is 0 Å². The molecule has 0 saturated carbocycles. The van der Waals surface area contributed by atoms with Gasteiger partial charge >= 0.3 is 0 Å². The summed E-state index contributed by atoms with van der Waals surface area (Å²) in [4.78, 5) is 8.74. The van der Waals surface area contributed by atoms with Gasteiger partial charge in [-0.05, 0) is 19.8 Å². The van der Waals surface area contributed by atoms with Crippen molar-refractivity contribution in [3.05, 3.63) is 11.9 Å². The van der Waals surface area contributed by atoms with Crippen LogP contribution in [0.4, 0.5) is 11.6 Å². The maximum absolute atomic E-state index is 5.33. The van der Waals surface area contributed by atoms with Gasteiger partial charge in [-0.2, -0.15) is 0 Å². The molecular formula is C12H20N4O. The van der Waals surface area contributed by atoms with E-state index in [1.165, 1.54) is 0 Å². The zero-order valence-electron chi connectivity index (χ0n) is 10.5. The molecule has 0 spiro atoms. The topological polar surface area (TPSA) is 59.1 Å². The molecule has 0 radical (unpaired) electrons. The van der Waals surface area contributed by atoms with Crippen LogP contribution in [-0.2, 0) is 4.74 Å². The second-order valence-electron chi connectivity index (χ2n) is 4.32. The Balaban J connectivity index is 2.02. The van der Waals surface area contributed by atoms with Crippen LogP contribution in [0.1, 0.15) is 25.6 Å². The average molecular weight is 236 g/mol. The Kier molecular flexibility index (Phi) is 4.14. The first-order valence-corrected chi connectivity index (χ1v) is 6.21. The number of nitrogens with zero attached hydrogens (tertiary/aromatic N) is 2. The molecule has 1 aromatic rings. The lowest BCUT2D eigenvalue weighted by Gasteiger charge is -2.13. The number of rotatable bonds is 5. The molecule has 0 aliphatic carbocycles. The van der Waals surface area contributed by atoms with Gasteiger partial charge in [-0.25, -0.2) is 9.97 Å². The SMILES string of the molecule is CCCNc1cc(NC2CCOC2)nc(C)n1. The van der Waals surface area contributed by atoms with Crippen molar-refractivity contribution in [2.45, 2.75) is 32.7 Å². The van der Waals surface area contributed by atoms with E-state index in [0.29, 0.717) is 6.04 Å². The van der Waals surface area contributed by atoms with Crippen molar-refractivity contribution in [3.8, 4) is 0 Å². The highest BCUT2D eigenvalue weighted by atomic mass is 16.5. The van der Waals surface area contributed by atoms with Crippen molar-refractivity contribution in [1.82, 2.24) is 9.97 Å². The standard InChI is InChI=1S/C12H20N4O/c1-3-5-13-11-7-12(15-9(2)14-11)16-10-4-6-17-8-10/h7,10H,3-6,8H2,1-2H3,(H2,13,14,15,16). The van der Waals surface area contributed by atoms with Crippen molar-refractivity contribution in [1.29, 1.82) is 0 Å². The molecule has 17 heavy (non-hydrogen) atoms. The van der Waals surface area contributed by atoms with Crippen LogP contribution < -0.4 is 10.6 Å². The Hall–Kier alpha value is -1.36. The zero-order chi connectivity index (χ0) is 12.1. The summed E-state index contributed by atoms with van der Waals surface area (Å²) in [5, 5.41) is 6.66. The zero-order valence-corrected chi connectivity index (χ0v) is 10.5. The molecule has 1 atom stereocenters. The highest BCUT2D eigenvalue weighted by molar-refractivity contribution is 5.48. The Bertz CT molecular complexity index is 364. The molecule has 1 aliphatic rings. The van der Waals surface area contributed by atoms with Crippen molar-refractivity contribution < 1.29 is 4.74 Å². The van der Waals surface area contributed by atoms with Crippen LogP contribution in [0.5, 0.6) is 0 Å². The minimum Gasteiger partial charge on any atom is -0.379 e. The Labute approximate surface area is 102 Å². The van der Waals surface area contributed by atoms with E-state index in [2.05, 4.69) is 27.5 Å². The van der Waals surface area contributed by atoms with E-state index < -0.39 is 0 Å². The fourth-order valence-corrected chi connectivity index (χ4v) is 1.84. The van der Waals surface area contributed by atoms with Crippen LogP contribution in [0, 0.1) is 6.92 Å². The van der Waals surface area contributed by atoms with Gasteiger partial charge in [-0.3, -0.25) is 0 Å². The Morgan fingerprint density at radius 1 is 1.41 bits per heavy atom. The maximum Gasteiger partial charge on any atom is 0.132 e. The van der Waals surface area contributed by atoms with Crippen molar-refractivity contribution >= 4 is 11.6 Å². The molecule has 1 aliphatic heterocycles. The summed E-state index contributed by atoms with van der Waals surface area (Å²) in [5.74, 6) is 2.56. The predicted octanol–water partition coefficient (Wildman–Crippen LogP) is 1.81. The predicted molar refractivity (Wildman–Crippen MR) is 68.4 cm³/mol. The normalized spacial score (nSPS) is 19.3. The molecule has 5 nitrogen and oxygen atoms in total. The van der Waals surface area contributed by atoms with E-state index in [9.17, 15) is 0 Å². The van der Waals surface area contributed by atoms with Crippen LogP contribution >= 0.6 is 0 Å². The molecule has 0 amide bonds. The highest BCUT2D eigenvalue weighted by Crippen LogP contribution is 2.15. The lowest BCUT2D eigenvalue weighted by molar-refractivity contribution is 0.195. The van der Waals surface area contributed by atoms with E-state index in [-0.39, 0.29) is 0 Å². The van der Waals surface area contributed by atoms with Gasteiger partial charge in [0, 0.05) is 19.2 Å². The van der Waals surface area contributed by atoms with Crippen molar-refractivity contribution in [3.63, 3.8) is 0 Å². The lowest BCUT2D eigenvalue weighted by atomic mass is 10.2. The molecule has 1 aromatic heterocycles. The number of ether oxygens (including phenoxy) is 1. The molecule has 1 saturated heterocycles. The fraction of sp³-hybridized carbons (Fsp3) is 0.667. The number of aryl methyl sites for hydroxylation is 1. The number of anilines is 2. The molecule has 2 rings (SSSR count). The number of aromatic nitrogens is 2. The second kappa shape index (κ2) is 5.82.